The van der Waals surface area contributed by atoms with E-state index in [0.29, 0.717) is 5.82 Å². The fraction of sp³-hybridized carbons (Fsp3) is 0.417. The van der Waals surface area contributed by atoms with Crippen LogP contribution in [0.4, 0.5) is 5.82 Å². The van der Waals surface area contributed by atoms with Crippen molar-refractivity contribution in [2.24, 2.45) is 0 Å². The first-order valence-corrected chi connectivity index (χ1v) is 5.76. The molecule has 0 aliphatic heterocycles. The van der Waals surface area contributed by atoms with Crippen molar-refractivity contribution >= 4 is 5.82 Å². The summed E-state index contributed by atoms with van der Waals surface area (Å²) < 4.78 is 1.75. The molecule has 2 aromatic rings. The van der Waals surface area contributed by atoms with Crippen LogP contribution < -0.4 is 5.73 Å². The summed E-state index contributed by atoms with van der Waals surface area (Å²) in [4.78, 5) is 8.80. The molecule has 5 nitrogen and oxygen atoms in total. The highest BCUT2D eigenvalue weighted by atomic mass is 15.3. The molecule has 5 heteroatoms. The van der Waals surface area contributed by atoms with Crippen LogP contribution in [0.25, 0.3) is 5.82 Å². The van der Waals surface area contributed by atoms with E-state index in [0.717, 1.165) is 35.6 Å². The Bertz CT molecular complexity index is 530. The predicted octanol–water partition coefficient (Wildman–Crippen LogP) is 1.81. The highest BCUT2D eigenvalue weighted by Crippen LogP contribution is 2.17. The number of nitrogens with zero attached hydrogens (tertiary/aromatic N) is 4. The number of rotatable bonds is 3. The minimum Gasteiger partial charge on any atom is -0.383 e. The van der Waals surface area contributed by atoms with Gasteiger partial charge in [-0.3, -0.25) is 0 Å². The number of aryl methyl sites for hydroxylation is 2. The number of nitrogens with two attached hydrogens (primary N) is 1. The van der Waals surface area contributed by atoms with Gasteiger partial charge < -0.3 is 5.73 Å². The third-order valence-electron chi connectivity index (χ3n) is 2.61. The van der Waals surface area contributed by atoms with Gasteiger partial charge in [-0.2, -0.15) is 5.10 Å². The first kappa shape index (κ1) is 11.6. The monoisotopic (exact) mass is 231 g/mol. The van der Waals surface area contributed by atoms with E-state index in [1.807, 2.05) is 20.0 Å². The van der Waals surface area contributed by atoms with Gasteiger partial charge in [-0.1, -0.05) is 6.92 Å². The number of hydrogen-bond donors (Lipinski definition) is 1. The molecular formula is C12H17N5. The van der Waals surface area contributed by atoms with Crippen LogP contribution in [0.1, 0.15) is 30.3 Å². The van der Waals surface area contributed by atoms with E-state index < -0.39 is 0 Å². The maximum absolute atomic E-state index is 5.90. The zero-order valence-corrected chi connectivity index (χ0v) is 10.4. The lowest BCUT2D eigenvalue weighted by Gasteiger charge is -2.09. The lowest BCUT2D eigenvalue weighted by Crippen LogP contribution is -2.09. The van der Waals surface area contributed by atoms with Crippen molar-refractivity contribution in [2.45, 2.75) is 33.6 Å². The SMILES string of the molecule is CCCc1nc(N)c(C)c(-n2cc(C)cn2)n1. The van der Waals surface area contributed by atoms with E-state index in [1.165, 1.54) is 0 Å². The summed E-state index contributed by atoms with van der Waals surface area (Å²) >= 11 is 0. The molecule has 0 atom stereocenters. The minimum atomic E-state index is 0.534. The Balaban J connectivity index is 2.52. The fourth-order valence-electron chi connectivity index (χ4n) is 1.66. The molecule has 0 fully saturated rings. The summed E-state index contributed by atoms with van der Waals surface area (Å²) in [6, 6.07) is 0. The molecule has 0 saturated heterocycles. The third kappa shape index (κ3) is 2.27. The molecule has 17 heavy (non-hydrogen) atoms. The molecule has 0 aromatic carbocycles. The van der Waals surface area contributed by atoms with E-state index >= 15 is 0 Å². The van der Waals surface area contributed by atoms with Gasteiger partial charge in [0.15, 0.2) is 5.82 Å². The molecule has 0 bridgehead atoms. The molecule has 0 spiro atoms. The normalized spacial score (nSPS) is 10.8. The molecule has 2 rings (SSSR count). The van der Waals surface area contributed by atoms with E-state index in [-0.39, 0.29) is 0 Å². The molecule has 0 saturated carbocycles. The molecule has 0 unspecified atom stereocenters. The van der Waals surface area contributed by atoms with Gasteiger partial charge in [0.2, 0.25) is 0 Å². The van der Waals surface area contributed by atoms with Crippen molar-refractivity contribution in [2.75, 3.05) is 5.73 Å². The van der Waals surface area contributed by atoms with Crippen LogP contribution in [0.5, 0.6) is 0 Å². The highest BCUT2D eigenvalue weighted by molar-refractivity contribution is 5.48. The molecule has 90 valence electrons. The Morgan fingerprint density at radius 1 is 1.29 bits per heavy atom. The van der Waals surface area contributed by atoms with Crippen LogP contribution >= 0.6 is 0 Å². The first-order valence-electron chi connectivity index (χ1n) is 5.76. The lowest BCUT2D eigenvalue weighted by molar-refractivity contribution is 0.780. The lowest BCUT2D eigenvalue weighted by atomic mass is 10.2. The zero-order valence-electron chi connectivity index (χ0n) is 10.4. The zero-order chi connectivity index (χ0) is 12.4. The Morgan fingerprint density at radius 3 is 2.65 bits per heavy atom. The summed E-state index contributed by atoms with van der Waals surface area (Å²) in [5.74, 6) is 2.08. The van der Waals surface area contributed by atoms with E-state index in [1.54, 1.807) is 10.9 Å². The van der Waals surface area contributed by atoms with Gasteiger partial charge in [-0.25, -0.2) is 14.6 Å². The summed E-state index contributed by atoms with van der Waals surface area (Å²) in [6.07, 6.45) is 5.57. The van der Waals surface area contributed by atoms with Crippen molar-refractivity contribution in [3.63, 3.8) is 0 Å². The van der Waals surface area contributed by atoms with Gasteiger partial charge in [0.25, 0.3) is 0 Å². The van der Waals surface area contributed by atoms with Crippen LogP contribution in [0.2, 0.25) is 0 Å². The highest BCUT2D eigenvalue weighted by Gasteiger charge is 2.10. The van der Waals surface area contributed by atoms with Crippen molar-refractivity contribution in [3.8, 4) is 5.82 Å². The van der Waals surface area contributed by atoms with Gasteiger partial charge in [-0.15, -0.1) is 0 Å². The molecule has 2 heterocycles. The van der Waals surface area contributed by atoms with Crippen LogP contribution in [0.3, 0.4) is 0 Å². The summed E-state index contributed by atoms with van der Waals surface area (Å²) in [5.41, 5.74) is 7.87. The summed E-state index contributed by atoms with van der Waals surface area (Å²) in [5, 5.41) is 4.26. The minimum absolute atomic E-state index is 0.534. The van der Waals surface area contributed by atoms with Crippen LogP contribution in [0.15, 0.2) is 12.4 Å². The molecule has 2 aromatic heterocycles. The molecule has 0 amide bonds. The second-order valence-corrected chi connectivity index (χ2v) is 4.19. The number of hydrogen-bond acceptors (Lipinski definition) is 4. The van der Waals surface area contributed by atoms with Crippen LogP contribution in [0, 0.1) is 13.8 Å². The Kier molecular flexibility index (Phi) is 3.08. The van der Waals surface area contributed by atoms with Crippen molar-refractivity contribution in [1.82, 2.24) is 19.7 Å². The standard InChI is InChI=1S/C12H17N5/c1-4-5-10-15-11(13)9(3)12(16-10)17-7-8(2)6-14-17/h6-7H,4-5H2,1-3H3,(H2,13,15,16). The molecule has 0 aliphatic carbocycles. The Labute approximate surface area is 101 Å². The maximum Gasteiger partial charge on any atom is 0.162 e. The fourth-order valence-corrected chi connectivity index (χ4v) is 1.66. The second-order valence-electron chi connectivity index (χ2n) is 4.19. The average molecular weight is 231 g/mol. The van der Waals surface area contributed by atoms with E-state index in [9.17, 15) is 0 Å². The Hall–Kier alpha value is -1.91. The van der Waals surface area contributed by atoms with Crippen LogP contribution in [-0.2, 0) is 6.42 Å². The van der Waals surface area contributed by atoms with Crippen LogP contribution in [-0.4, -0.2) is 19.7 Å². The van der Waals surface area contributed by atoms with Crippen molar-refractivity contribution in [3.05, 3.63) is 29.3 Å². The molecule has 0 aliphatic rings. The van der Waals surface area contributed by atoms with Gasteiger partial charge in [0.1, 0.15) is 11.6 Å². The van der Waals surface area contributed by atoms with Gasteiger partial charge in [0, 0.05) is 18.2 Å². The molecular weight excluding hydrogens is 214 g/mol. The average Bonchev–Trinajstić information content (AvgIpc) is 2.70. The quantitative estimate of drug-likeness (QED) is 0.874. The number of nitrogen functional groups attached to an aromatic ring is 1. The largest absolute Gasteiger partial charge is 0.383 e. The van der Waals surface area contributed by atoms with Gasteiger partial charge in [0.05, 0.1) is 6.20 Å². The Morgan fingerprint density at radius 2 is 2.06 bits per heavy atom. The summed E-state index contributed by atoms with van der Waals surface area (Å²) in [7, 11) is 0. The van der Waals surface area contributed by atoms with Gasteiger partial charge >= 0.3 is 0 Å². The van der Waals surface area contributed by atoms with Gasteiger partial charge in [-0.05, 0) is 25.8 Å². The second kappa shape index (κ2) is 4.53. The summed E-state index contributed by atoms with van der Waals surface area (Å²) in [6.45, 7) is 6.00. The van der Waals surface area contributed by atoms with E-state index in [4.69, 9.17) is 5.73 Å². The van der Waals surface area contributed by atoms with Crippen molar-refractivity contribution < 1.29 is 0 Å². The molecule has 0 radical (unpaired) electrons. The maximum atomic E-state index is 5.90. The number of anilines is 1. The molecule has 2 N–H and O–H groups in total. The third-order valence-corrected chi connectivity index (χ3v) is 2.61. The topological polar surface area (TPSA) is 69.6 Å². The van der Waals surface area contributed by atoms with Crippen molar-refractivity contribution in [1.29, 1.82) is 0 Å². The predicted molar refractivity (Wildman–Crippen MR) is 67.0 cm³/mol. The first-order chi connectivity index (χ1) is 8.11. The number of aromatic nitrogens is 4. The smallest absolute Gasteiger partial charge is 0.162 e. The van der Waals surface area contributed by atoms with E-state index in [2.05, 4.69) is 22.0 Å².